The Morgan fingerprint density at radius 2 is 2.11 bits per heavy atom. The minimum Gasteiger partial charge on any atom is -0.496 e. The summed E-state index contributed by atoms with van der Waals surface area (Å²) in [6.07, 6.45) is 1.89. The lowest BCUT2D eigenvalue weighted by atomic mass is 10.1. The van der Waals surface area contributed by atoms with Crippen LogP contribution in [0.25, 0.3) is 0 Å². The Hall–Kier alpha value is -1.88. The molecule has 1 aromatic carbocycles. The summed E-state index contributed by atoms with van der Waals surface area (Å²) in [5.41, 5.74) is 0.847. The van der Waals surface area contributed by atoms with E-state index in [0.717, 1.165) is 10.0 Å². The number of aromatic nitrogens is 1. The Morgan fingerprint density at radius 1 is 1.32 bits per heavy atom. The lowest BCUT2D eigenvalue weighted by molar-refractivity contribution is -0.115. The van der Waals surface area contributed by atoms with Crippen molar-refractivity contribution in [2.75, 3.05) is 12.4 Å². The molecule has 1 heterocycles. The standard InChI is InChI=1S/C14H13BrN2O2/c1-19-12-5-3-2-4-10(12)8-14(18)17-13-7-6-11(15)9-16-13/h2-7,9H,8H2,1H3,(H,16,17,18). The number of anilines is 1. The summed E-state index contributed by atoms with van der Waals surface area (Å²) in [7, 11) is 1.59. The molecule has 0 atom stereocenters. The molecule has 1 amide bonds. The predicted octanol–water partition coefficient (Wildman–Crippen LogP) is 3.03. The van der Waals surface area contributed by atoms with E-state index in [4.69, 9.17) is 4.74 Å². The van der Waals surface area contributed by atoms with Gasteiger partial charge in [0.1, 0.15) is 11.6 Å². The smallest absolute Gasteiger partial charge is 0.230 e. The van der Waals surface area contributed by atoms with E-state index in [9.17, 15) is 4.79 Å². The lowest BCUT2D eigenvalue weighted by Crippen LogP contribution is -2.15. The number of carbonyl (C=O) groups is 1. The number of ether oxygens (including phenoxy) is 1. The highest BCUT2D eigenvalue weighted by Crippen LogP contribution is 2.18. The molecule has 0 bridgehead atoms. The van der Waals surface area contributed by atoms with Crippen molar-refractivity contribution < 1.29 is 9.53 Å². The highest BCUT2D eigenvalue weighted by molar-refractivity contribution is 9.10. The fraction of sp³-hybridized carbons (Fsp3) is 0.143. The zero-order valence-corrected chi connectivity index (χ0v) is 12.0. The van der Waals surface area contributed by atoms with Gasteiger partial charge in [-0.25, -0.2) is 4.98 Å². The van der Waals surface area contributed by atoms with E-state index >= 15 is 0 Å². The van der Waals surface area contributed by atoms with Crippen LogP contribution in [0.1, 0.15) is 5.56 Å². The molecule has 1 aromatic heterocycles. The van der Waals surface area contributed by atoms with E-state index in [1.54, 1.807) is 19.4 Å². The van der Waals surface area contributed by atoms with Crippen molar-refractivity contribution in [3.8, 4) is 5.75 Å². The number of methoxy groups -OCH3 is 1. The number of nitrogens with one attached hydrogen (secondary N) is 1. The predicted molar refractivity (Wildman–Crippen MR) is 77.3 cm³/mol. The topological polar surface area (TPSA) is 51.2 Å². The summed E-state index contributed by atoms with van der Waals surface area (Å²) in [4.78, 5) is 16.0. The SMILES string of the molecule is COc1ccccc1CC(=O)Nc1ccc(Br)cn1. The average molecular weight is 321 g/mol. The maximum Gasteiger partial charge on any atom is 0.230 e. The fourth-order valence-corrected chi connectivity index (χ4v) is 1.89. The van der Waals surface area contributed by atoms with Crippen molar-refractivity contribution >= 4 is 27.7 Å². The van der Waals surface area contributed by atoms with Gasteiger partial charge in [-0.3, -0.25) is 4.79 Å². The first kappa shape index (κ1) is 13.5. The van der Waals surface area contributed by atoms with Crippen LogP contribution in [0.3, 0.4) is 0 Å². The number of amides is 1. The van der Waals surface area contributed by atoms with E-state index in [1.807, 2.05) is 30.3 Å². The van der Waals surface area contributed by atoms with Gasteiger partial charge in [0.05, 0.1) is 13.5 Å². The number of nitrogens with zero attached hydrogens (tertiary/aromatic N) is 1. The number of benzene rings is 1. The van der Waals surface area contributed by atoms with E-state index in [-0.39, 0.29) is 12.3 Å². The van der Waals surface area contributed by atoms with Gasteiger partial charge in [0.15, 0.2) is 0 Å². The van der Waals surface area contributed by atoms with Crippen LogP contribution in [-0.2, 0) is 11.2 Å². The number of rotatable bonds is 4. The molecule has 5 heteroatoms. The molecule has 2 rings (SSSR count). The normalized spacial score (nSPS) is 10.0. The summed E-state index contributed by atoms with van der Waals surface area (Å²) in [5.74, 6) is 1.11. The Bertz CT molecular complexity index is 570. The third-order valence-electron chi connectivity index (χ3n) is 2.54. The molecule has 4 nitrogen and oxygen atoms in total. The van der Waals surface area contributed by atoms with Crippen LogP contribution in [0.5, 0.6) is 5.75 Å². The van der Waals surface area contributed by atoms with Gasteiger partial charge in [-0.2, -0.15) is 0 Å². The van der Waals surface area contributed by atoms with Crippen LogP contribution in [-0.4, -0.2) is 18.0 Å². The van der Waals surface area contributed by atoms with Gasteiger partial charge in [-0.1, -0.05) is 18.2 Å². The largest absolute Gasteiger partial charge is 0.496 e. The van der Waals surface area contributed by atoms with Crippen LogP contribution >= 0.6 is 15.9 Å². The van der Waals surface area contributed by atoms with Crippen LogP contribution in [0.2, 0.25) is 0 Å². The molecule has 98 valence electrons. The zero-order chi connectivity index (χ0) is 13.7. The van der Waals surface area contributed by atoms with Gasteiger partial charge in [0, 0.05) is 16.2 Å². The highest BCUT2D eigenvalue weighted by Gasteiger charge is 2.08. The van der Waals surface area contributed by atoms with E-state index in [2.05, 4.69) is 26.2 Å². The molecule has 1 N–H and O–H groups in total. The summed E-state index contributed by atoms with van der Waals surface area (Å²) >= 11 is 3.29. The van der Waals surface area contributed by atoms with Gasteiger partial charge < -0.3 is 10.1 Å². The molecular formula is C14H13BrN2O2. The number of carbonyl (C=O) groups excluding carboxylic acids is 1. The van der Waals surface area contributed by atoms with Crippen molar-refractivity contribution in [3.63, 3.8) is 0 Å². The van der Waals surface area contributed by atoms with E-state index in [1.165, 1.54) is 0 Å². The first-order valence-electron chi connectivity index (χ1n) is 5.72. The Balaban J connectivity index is 2.03. The second kappa shape index (κ2) is 6.33. The zero-order valence-electron chi connectivity index (χ0n) is 10.4. The van der Waals surface area contributed by atoms with E-state index in [0.29, 0.717) is 11.6 Å². The number of para-hydroxylation sites is 1. The average Bonchev–Trinajstić information content (AvgIpc) is 2.42. The Morgan fingerprint density at radius 3 is 2.79 bits per heavy atom. The molecule has 0 aliphatic carbocycles. The molecule has 0 fully saturated rings. The van der Waals surface area contributed by atoms with Gasteiger partial charge in [0.2, 0.25) is 5.91 Å². The van der Waals surface area contributed by atoms with Crippen molar-refractivity contribution in [1.29, 1.82) is 0 Å². The first-order chi connectivity index (χ1) is 9.19. The molecule has 2 aromatic rings. The molecule has 19 heavy (non-hydrogen) atoms. The quantitative estimate of drug-likeness (QED) is 0.942. The third kappa shape index (κ3) is 3.79. The minimum atomic E-state index is -0.126. The fourth-order valence-electron chi connectivity index (χ4n) is 1.66. The number of hydrogen-bond acceptors (Lipinski definition) is 3. The third-order valence-corrected chi connectivity index (χ3v) is 3.01. The molecule has 0 aliphatic rings. The number of halogens is 1. The maximum atomic E-state index is 11.9. The maximum absolute atomic E-state index is 11.9. The number of pyridine rings is 1. The van der Waals surface area contributed by atoms with Crippen LogP contribution in [0, 0.1) is 0 Å². The molecule has 0 radical (unpaired) electrons. The molecule has 0 saturated carbocycles. The highest BCUT2D eigenvalue weighted by atomic mass is 79.9. The molecule has 0 spiro atoms. The summed E-state index contributed by atoms with van der Waals surface area (Å²) in [5, 5.41) is 2.74. The summed E-state index contributed by atoms with van der Waals surface area (Å²) < 4.78 is 6.08. The second-order valence-electron chi connectivity index (χ2n) is 3.90. The van der Waals surface area contributed by atoms with Gasteiger partial charge in [-0.15, -0.1) is 0 Å². The monoisotopic (exact) mass is 320 g/mol. The van der Waals surface area contributed by atoms with Crippen LogP contribution in [0.4, 0.5) is 5.82 Å². The summed E-state index contributed by atoms with van der Waals surface area (Å²) in [6, 6.07) is 11.0. The molecular weight excluding hydrogens is 308 g/mol. The van der Waals surface area contributed by atoms with Crippen LogP contribution in [0.15, 0.2) is 47.1 Å². The Labute approximate surface area is 119 Å². The Kier molecular flexibility index (Phi) is 4.52. The van der Waals surface area contributed by atoms with Crippen molar-refractivity contribution in [3.05, 3.63) is 52.6 Å². The van der Waals surface area contributed by atoms with Crippen LogP contribution < -0.4 is 10.1 Å². The lowest BCUT2D eigenvalue weighted by Gasteiger charge is -2.08. The molecule has 0 aliphatic heterocycles. The second-order valence-corrected chi connectivity index (χ2v) is 4.81. The van der Waals surface area contributed by atoms with Gasteiger partial charge in [-0.05, 0) is 34.1 Å². The van der Waals surface area contributed by atoms with E-state index < -0.39 is 0 Å². The molecule has 0 saturated heterocycles. The number of hydrogen-bond donors (Lipinski definition) is 1. The van der Waals surface area contributed by atoms with Gasteiger partial charge >= 0.3 is 0 Å². The molecule has 0 unspecified atom stereocenters. The van der Waals surface area contributed by atoms with Crippen molar-refractivity contribution in [2.24, 2.45) is 0 Å². The minimum absolute atomic E-state index is 0.126. The van der Waals surface area contributed by atoms with Crippen molar-refractivity contribution in [2.45, 2.75) is 6.42 Å². The van der Waals surface area contributed by atoms with Crippen molar-refractivity contribution in [1.82, 2.24) is 4.98 Å². The first-order valence-corrected chi connectivity index (χ1v) is 6.51. The summed E-state index contributed by atoms with van der Waals surface area (Å²) in [6.45, 7) is 0. The van der Waals surface area contributed by atoms with Gasteiger partial charge in [0.25, 0.3) is 0 Å².